The minimum absolute atomic E-state index is 0.371. The van der Waals surface area contributed by atoms with E-state index in [1.54, 1.807) is 12.1 Å². The Bertz CT molecular complexity index is 328. The van der Waals surface area contributed by atoms with Crippen molar-refractivity contribution in [1.29, 1.82) is 0 Å². The van der Waals surface area contributed by atoms with Crippen LogP contribution in [0.5, 0.6) is 0 Å². The van der Waals surface area contributed by atoms with Gasteiger partial charge in [-0.3, -0.25) is 4.79 Å². The molecule has 0 bridgehead atoms. The summed E-state index contributed by atoms with van der Waals surface area (Å²) in [5.74, 6) is -0.485. The zero-order valence-corrected chi connectivity index (χ0v) is 7.51. The van der Waals surface area contributed by atoms with Crippen LogP contribution in [0.25, 0.3) is 0 Å². The zero-order valence-electron chi connectivity index (χ0n) is 6.75. The Labute approximate surface area is 80.3 Å². The van der Waals surface area contributed by atoms with Crippen LogP contribution in [0.15, 0.2) is 18.2 Å². The van der Waals surface area contributed by atoms with E-state index in [1.165, 1.54) is 6.07 Å². The van der Waals surface area contributed by atoms with Gasteiger partial charge >= 0.3 is 0 Å². The maximum atomic E-state index is 10.7. The van der Waals surface area contributed by atoms with Crippen LogP contribution in [0, 0.1) is 0 Å². The molecule has 0 saturated heterocycles. The summed E-state index contributed by atoms with van der Waals surface area (Å²) < 4.78 is 0. The first-order valence-corrected chi connectivity index (χ1v) is 3.97. The van der Waals surface area contributed by atoms with Gasteiger partial charge in [-0.25, -0.2) is 0 Å². The van der Waals surface area contributed by atoms with Crippen molar-refractivity contribution in [3.8, 4) is 0 Å². The summed E-state index contributed by atoms with van der Waals surface area (Å²) in [5.41, 5.74) is 6.42. The van der Waals surface area contributed by atoms with Gasteiger partial charge in [0, 0.05) is 5.69 Å². The van der Waals surface area contributed by atoms with Gasteiger partial charge in [0.05, 0.1) is 10.7 Å². The number of nitrogens with one attached hydrogen (secondary N) is 1. The lowest BCUT2D eigenvalue weighted by Crippen LogP contribution is -2.15. The Kier molecular flexibility index (Phi) is 3.11. The molecule has 1 rings (SSSR count). The quantitative estimate of drug-likeness (QED) is 0.620. The minimum Gasteiger partial charge on any atom is -0.398 e. The molecule has 5 heteroatoms. The third kappa shape index (κ3) is 2.61. The second-order valence-electron chi connectivity index (χ2n) is 2.44. The van der Waals surface area contributed by atoms with Crippen molar-refractivity contribution in [2.75, 3.05) is 17.7 Å². The highest BCUT2D eigenvalue weighted by Gasteiger charge is 2.01. The van der Waals surface area contributed by atoms with E-state index in [0.717, 1.165) is 0 Å². The van der Waals surface area contributed by atoms with Gasteiger partial charge in [-0.2, -0.15) is 0 Å². The number of carbonyl (C=O) groups is 1. The van der Waals surface area contributed by atoms with Crippen LogP contribution >= 0.6 is 11.6 Å². The number of anilines is 2. The predicted molar refractivity (Wildman–Crippen MR) is 51.6 cm³/mol. The van der Waals surface area contributed by atoms with E-state index in [9.17, 15) is 4.79 Å². The predicted octanol–water partition coefficient (Wildman–Crippen LogP) is 0.853. The van der Waals surface area contributed by atoms with Crippen molar-refractivity contribution >= 4 is 28.9 Å². The summed E-state index contributed by atoms with van der Waals surface area (Å²) in [6, 6.07) is 4.70. The molecule has 70 valence electrons. The van der Waals surface area contributed by atoms with Crippen LogP contribution < -0.4 is 11.1 Å². The topological polar surface area (TPSA) is 75.3 Å². The summed E-state index contributed by atoms with van der Waals surface area (Å²) in [6.07, 6.45) is 0. The zero-order chi connectivity index (χ0) is 9.84. The number of hydrogen-bond donors (Lipinski definition) is 3. The van der Waals surface area contributed by atoms with Crippen molar-refractivity contribution in [3.05, 3.63) is 23.2 Å². The molecule has 13 heavy (non-hydrogen) atoms. The number of aliphatic hydroxyl groups excluding tert-OH is 1. The van der Waals surface area contributed by atoms with Gasteiger partial charge in [0.2, 0.25) is 5.91 Å². The van der Waals surface area contributed by atoms with Gasteiger partial charge in [0.25, 0.3) is 0 Å². The molecule has 0 heterocycles. The Morgan fingerprint density at radius 2 is 2.31 bits per heavy atom. The number of hydrogen-bond acceptors (Lipinski definition) is 3. The standard InChI is InChI=1S/C8H9ClN2O2/c9-6-3-5(1-2-7(6)10)11-8(13)4-12/h1-3,12H,4,10H2,(H,11,13). The molecule has 0 spiro atoms. The number of nitrogen functional groups attached to an aromatic ring is 1. The van der Waals surface area contributed by atoms with Gasteiger partial charge in [0.15, 0.2) is 0 Å². The first-order chi connectivity index (χ1) is 6.13. The van der Waals surface area contributed by atoms with Gasteiger partial charge in [-0.1, -0.05) is 11.6 Å². The highest BCUT2D eigenvalue weighted by atomic mass is 35.5. The van der Waals surface area contributed by atoms with Crippen LogP contribution in [0.4, 0.5) is 11.4 Å². The number of benzene rings is 1. The van der Waals surface area contributed by atoms with Gasteiger partial charge in [-0.15, -0.1) is 0 Å². The number of carbonyl (C=O) groups excluding carboxylic acids is 1. The number of aliphatic hydroxyl groups is 1. The van der Waals surface area contributed by atoms with Crippen molar-refractivity contribution in [3.63, 3.8) is 0 Å². The molecule has 4 nitrogen and oxygen atoms in total. The average Bonchev–Trinajstić information content (AvgIpc) is 2.11. The van der Waals surface area contributed by atoms with E-state index in [4.69, 9.17) is 22.4 Å². The summed E-state index contributed by atoms with van der Waals surface area (Å²) in [5, 5.41) is 11.3. The second kappa shape index (κ2) is 4.11. The van der Waals surface area contributed by atoms with Gasteiger partial charge in [-0.05, 0) is 18.2 Å². The number of rotatable bonds is 2. The lowest BCUT2D eigenvalue weighted by Gasteiger charge is -2.04. The van der Waals surface area contributed by atoms with Gasteiger partial charge in [0.1, 0.15) is 6.61 Å². The van der Waals surface area contributed by atoms with Crippen LogP contribution in [-0.2, 0) is 4.79 Å². The summed E-state index contributed by atoms with van der Waals surface area (Å²) in [7, 11) is 0. The minimum atomic E-state index is -0.554. The average molecular weight is 201 g/mol. The smallest absolute Gasteiger partial charge is 0.250 e. The Morgan fingerprint density at radius 1 is 1.62 bits per heavy atom. The Morgan fingerprint density at radius 3 is 2.85 bits per heavy atom. The fourth-order valence-corrected chi connectivity index (χ4v) is 0.986. The molecule has 1 aromatic rings. The van der Waals surface area contributed by atoms with Gasteiger partial charge < -0.3 is 16.2 Å². The van der Waals surface area contributed by atoms with E-state index in [0.29, 0.717) is 16.4 Å². The monoisotopic (exact) mass is 200 g/mol. The number of amides is 1. The van der Waals surface area contributed by atoms with Crippen molar-refractivity contribution < 1.29 is 9.90 Å². The molecule has 4 N–H and O–H groups in total. The highest BCUT2D eigenvalue weighted by Crippen LogP contribution is 2.22. The largest absolute Gasteiger partial charge is 0.398 e. The molecular formula is C8H9ClN2O2. The lowest BCUT2D eigenvalue weighted by molar-refractivity contribution is -0.118. The van der Waals surface area contributed by atoms with Crippen molar-refractivity contribution in [2.24, 2.45) is 0 Å². The van der Waals surface area contributed by atoms with Crippen LogP contribution in [0.3, 0.4) is 0 Å². The van der Waals surface area contributed by atoms with E-state index in [-0.39, 0.29) is 0 Å². The third-order valence-corrected chi connectivity index (χ3v) is 1.76. The van der Waals surface area contributed by atoms with E-state index in [2.05, 4.69) is 5.32 Å². The Balaban J connectivity index is 2.79. The number of nitrogens with two attached hydrogens (primary N) is 1. The maximum absolute atomic E-state index is 10.7. The number of halogens is 1. The third-order valence-electron chi connectivity index (χ3n) is 1.43. The molecule has 0 atom stereocenters. The highest BCUT2D eigenvalue weighted by molar-refractivity contribution is 6.33. The fraction of sp³-hybridized carbons (Fsp3) is 0.125. The molecular weight excluding hydrogens is 192 g/mol. The molecule has 0 fully saturated rings. The van der Waals surface area contributed by atoms with E-state index < -0.39 is 12.5 Å². The molecule has 0 aliphatic heterocycles. The molecule has 1 aromatic carbocycles. The van der Waals surface area contributed by atoms with Crippen LogP contribution in [0.1, 0.15) is 0 Å². The molecule has 0 aliphatic rings. The lowest BCUT2D eigenvalue weighted by atomic mass is 10.3. The molecule has 0 aliphatic carbocycles. The summed E-state index contributed by atoms with van der Waals surface area (Å²) in [6.45, 7) is -0.554. The molecule has 0 saturated carbocycles. The fourth-order valence-electron chi connectivity index (χ4n) is 0.805. The summed E-state index contributed by atoms with van der Waals surface area (Å²) in [4.78, 5) is 10.7. The van der Waals surface area contributed by atoms with E-state index >= 15 is 0 Å². The maximum Gasteiger partial charge on any atom is 0.250 e. The summed E-state index contributed by atoms with van der Waals surface area (Å²) >= 11 is 5.70. The van der Waals surface area contributed by atoms with Crippen molar-refractivity contribution in [1.82, 2.24) is 0 Å². The van der Waals surface area contributed by atoms with E-state index in [1.807, 2.05) is 0 Å². The van der Waals surface area contributed by atoms with Crippen LogP contribution in [0.2, 0.25) is 5.02 Å². The first-order valence-electron chi connectivity index (χ1n) is 3.59. The Hall–Kier alpha value is -1.26. The van der Waals surface area contributed by atoms with Crippen molar-refractivity contribution in [2.45, 2.75) is 0 Å². The molecule has 0 unspecified atom stereocenters. The normalized spacial score (nSPS) is 9.69. The SMILES string of the molecule is Nc1ccc(NC(=O)CO)cc1Cl. The second-order valence-corrected chi connectivity index (χ2v) is 2.85. The molecule has 0 aromatic heterocycles. The van der Waals surface area contributed by atoms with Crippen LogP contribution in [-0.4, -0.2) is 17.6 Å². The first kappa shape index (κ1) is 9.83. The molecule has 0 radical (unpaired) electrons. The molecule has 1 amide bonds.